The van der Waals surface area contributed by atoms with Crippen molar-refractivity contribution in [1.82, 2.24) is 10.6 Å². The standard InChI is InChI=1S/C16H19N5O2/c1-4-19-15(20-9-18)21-13-11-7-10(8-17)5-6-12(11)23-16(2,3)14(13)22/h5-7,13-14,22H,4H2,1-3H3,(H2,19,20,21)/t13-,14+/m1/s1. The van der Waals surface area contributed by atoms with E-state index < -0.39 is 17.7 Å². The predicted molar refractivity (Wildman–Crippen MR) is 84.5 cm³/mol. The zero-order valence-corrected chi connectivity index (χ0v) is 13.3. The Kier molecular flexibility index (Phi) is 4.73. The van der Waals surface area contributed by atoms with Crippen molar-refractivity contribution in [1.29, 1.82) is 10.5 Å². The maximum Gasteiger partial charge on any atom is 0.205 e. The van der Waals surface area contributed by atoms with Gasteiger partial charge in [0.25, 0.3) is 0 Å². The molecule has 23 heavy (non-hydrogen) atoms. The monoisotopic (exact) mass is 313 g/mol. The lowest BCUT2D eigenvalue weighted by molar-refractivity contribution is -0.0567. The molecule has 1 aliphatic heterocycles. The summed E-state index contributed by atoms with van der Waals surface area (Å²) in [5.74, 6) is 0.839. The fourth-order valence-electron chi connectivity index (χ4n) is 2.46. The van der Waals surface area contributed by atoms with Crippen LogP contribution in [0.2, 0.25) is 0 Å². The second-order valence-electron chi connectivity index (χ2n) is 5.70. The molecule has 7 nitrogen and oxygen atoms in total. The molecule has 1 heterocycles. The maximum absolute atomic E-state index is 10.6. The maximum atomic E-state index is 10.6. The molecule has 1 aliphatic rings. The summed E-state index contributed by atoms with van der Waals surface area (Å²) in [6.45, 7) is 5.99. The van der Waals surface area contributed by atoms with Crippen LogP contribution in [0, 0.1) is 22.8 Å². The molecule has 0 fully saturated rings. The normalized spacial score (nSPS) is 22.1. The molecule has 0 aliphatic carbocycles. The Labute approximate surface area is 135 Å². The summed E-state index contributed by atoms with van der Waals surface area (Å²) in [5, 5.41) is 34.0. The topological polar surface area (TPSA) is 113 Å². The highest BCUT2D eigenvalue weighted by molar-refractivity contribution is 5.81. The first-order valence-corrected chi connectivity index (χ1v) is 7.30. The highest BCUT2D eigenvalue weighted by Crippen LogP contribution is 2.42. The van der Waals surface area contributed by atoms with Gasteiger partial charge in [0.1, 0.15) is 23.5 Å². The Hall–Kier alpha value is -2.77. The third kappa shape index (κ3) is 3.36. The van der Waals surface area contributed by atoms with Gasteiger partial charge in [-0.15, -0.1) is 0 Å². The number of aliphatic hydroxyl groups excluding tert-OH is 1. The molecule has 0 radical (unpaired) electrons. The number of benzene rings is 1. The van der Waals surface area contributed by atoms with Crippen molar-refractivity contribution in [3.63, 3.8) is 0 Å². The van der Waals surface area contributed by atoms with E-state index in [2.05, 4.69) is 21.7 Å². The highest BCUT2D eigenvalue weighted by Gasteiger charge is 2.43. The summed E-state index contributed by atoms with van der Waals surface area (Å²) < 4.78 is 5.83. The van der Waals surface area contributed by atoms with E-state index in [1.54, 1.807) is 32.0 Å². The second kappa shape index (κ2) is 6.55. The zero-order chi connectivity index (χ0) is 17.0. The minimum Gasteiger partial charge on any atom is -0.485 e. The molecule has 2 rings (SSSR count). The molecule has 0 unspecified atom stereocenters. The van der Waals surface area contributed by atoms with Crippen LogP contribution in [-0.4, -0.2) is 29.3 Å². The summed E-state index contributed by atoms with van der Waals surface area (Å²) in [7, 11) is 0. The summed E-state index contributed by atoms with van der Waals surface area (Å²) in [4.78, 5) is 4.44. The SMILES string of the molecule is CCNC(=N[C@@H]1c2cc(C#N)ccc2OC(C)(C)[C@H]1O)NC#N. The smallest absolute Gasteiger partial charge is 0.205 e. The number of aliphatic imine (C=N–C) groups is 1. The van der Waals surface area contributed by atoms with Crippen LogP contribution in [0.1, 0.15) is 37.9 Å². The molecule has 0 saturated carbocycles. The number of guanidine groups is 1. The number of fused-ring (bicyclic) bond motifs is 1. The van der Waals surface area contributed by atoms with Crippen LogP contribution >= 0.6 is 0 Å². The van der Waals surface area contributed by atoms with Crippen LogP contribution in [0.25, 0.3) is 0 Å². The molecule has 3 N–H and O–H groups in total. The fraction of sp³-hybridized carbons (Fsp3) is 0.438. The van der Waals surface area contributed by atoms with Gasteiger partial charge < -0.3 is 15.2 Å². The Morgan fingerprint density at radius 2 is 2.17 bits per heavy atom. The third-order valence-electron chi connectivity index (χ3n) is 3.63. The van der Waals surface area contributed by atoms with Gasteiger partial charge in [0.15, 0.2) is 6.19 Å². The molecule has 1 aromatic carbocycles. The summed E-state index contributed by atoms with van der Waals surface area (Å²) >= 11 is 0. The molecule has 1 aromatic rings. The molecule has 120 valence electrons. The predicted octanol–water partition coefficient (Wildman–Crippen LogP) is 1.17. The molecule has 0 saturated heterocycles. The van der Waals surface area contributed by atoms with Crippen LogP contribution in [0.4, 0.5) is 0 Å². The molecule has 0 aromatic heterocycles. The summed E-state index contributed by atoms with van der Waals surface area (Å²) in [5.41, 5.74) is 0.225. The van der Waals surface area contributed by atoms with E-state index in [0.717, 1.165) is 0 Å². The number of hydrogen-bond donors (Lipinski definition) is 3. The number of ether oxygens (including phenoxy) is 1. The van der Waals surface area contributed by atoms with Gasteiger partial charge in [0.05, 0.1) is 11.6 Å². The van der Waals surface area contributed by atoms with Crippen molar-refractivity contribution in [2.45, 2.75) is 38.5 Å². The van der Waals surface area contributed by atoms with Crippen LogP contribution in [0.15, 0.2) is 23.2 Å². The summed E-state index contributed by atoms with van der Waals surface area (Å²) in [6, 6.07) is 6.42. The molecular weight excluding hydrogens is 294 g/mol. The first kappa shape index (κ1) is 16.6. The fourth-order valence-corrected chi connectivity index (χ4v) is 2.46. The minimum absolute atomic E-state index is 0.269. The number of aliphatic hydroxyl groups is 1. The van der Waals surface area contributed by atoms with Gasteiger partial charge in [-0.2, -0.15) is 10.5 Å². The van der Waals surface area contributed by atoms with Gasteiger partial charge in [0, 0.05) is 12.1 Å². The number of nitrogens with one attached hydrogen (secondary N) is 2. The Balaban J connectivity index is 2.54. The van der Waals surface area contributed by atoms with Crippen molar-refractivity contribution in [2.75, 3.05) is 6.54 Å². The molecule has 0 bridgehead atoms. The molecule has 7 heteroatoms. The van der Waals surface area contributed by atoms with E-state index in [0.29, 0.717) is 23.4 Å². The first-order chi connectivity index (χ1) is 10.9. The van der Waals surface area contributed by atoms with Crippen LogP contribution in [0.3, 0.4) is 0 Å². The van der Waals surface area contributed by atoms with Crippen LogP contribution in [-0.2, 0) is 0 Å². The van der Waals surface area contributed by atoms with Crippen molar-refractivity contribution >= 4 is 5.96 Å². The largest absolute Gasteiger partial charge is 0.485 e. The number of hydrogen-bond acceptors (Lipinski definition) is 5. The summed E-state index contributed by atoms with van der Waals surface area (Å²) in [6.07, 6.45) is 0.883. The van der Waals surface area contributed by atoms with Crippen molar-refractivity contribution in [3.8, 4) is 18.0 Å². The Bertz CT molecular complexity index is 699. The lowest BCUT2D eigenvalue weighted by Crippen LogP contribution is -2.49. The zero-order valence-electron chi connectivity index (χ0n) is 13.3. The number of rotatable bonds is 2. The average molecular weight is 313 g/mol. The third-order valence-corrected chi connectivity index (χ3v) is 3.63. The van der Waals surface area contributed by atoms with Gasteiger partial charge in [0.2, 0.25) is 5.96 Å². The van der Waals surface area contributed by atoms with Crippen molar-refractivity contribution in [2.24, 2.45) is 4.99 Å². The van der Waals surface area contributed by atoms with E-state index in [1.807, 2.05) is 13.1 Å². The minimum atomic E-state index is -0.932. The average Bonchev–Trinajstić information content (AvgIpc) is 2.51. The van der Waals surface area contributed by atoms with E-state index in [-0.39, 0.29) is 5.96 Å². The quantitative estimate of drug-likeness (QED) is 0.327. The van der Waals surface area contributed by atoms with E-state index >= 15 is 0 Å². The van der Waals surface area contributed by atoms with Crippen LogP contribution < -0.4 is 15.4 Å². The van der Waals surface area contributed by atoms with Gasteiger partial charge in [-0.05, 0) is 39.0 Å². The van der Waals surface area contributed by atoms with E-state index in [1.165, 1.54) is 0 Å². The van der Waals surface area contributed by atoms with E-state index in [4.69, 9.17) is 15.3 Å². The molecule has 0 amide bonds. The Morgan fingerprint density at radius 3 is 2.78 bits per heavy atom. The molecular formula is C16H19N5O2. The molecule has 0 spiro atoms. The lowest BCUT2D eigenvalue weighted by Gasteiger charge is -2.40. The number of nitrogens with zero attached hydrogens (tertiary/aromatic N) is 3. The van der Waals surface area contributed by atoms with E-state index in [9.17, 15) is 5.11 Å². The van der Waals surface area contributed by atoms with Gasteiger partial charge in [-0.3, -0.25) is 5.32 Å². The van der Waals surface area contributed by atoms with Gasteiger partial charge >= 0.3 is 0 Å². The van der Waals surface area contributed by atoms with Gasteiger partial charge in [-0.1, -0.05) is 0 Å². The van der Waals surface area contributed by atoms with Crippen molar-refractivity contribution < 1.29 is 9.84 Å². The number of nitriles is 2. The second-order valence-corrected chi connectivity index (χ2v) is 5.70. The first-order valence-electron chi connectivity index (χ1n) is 7.30. The van der Waals surface area contributed by atoms with Crippen LogP contribution in [0.5, 0.6) is 5.75 Å². The lowest BCUT2D eigenvalue weighted by atomic mass is 9.86. The van der Waals surface area contributed by atoms with Crippen molar-refractivity contribution in [3.05, 3.63) is 29.3 Å². The highest BCUT2D eigenvalue weighted by atomic mass is 16.5. The molecule has 2 atom stereocenters. The van der Waals surface area contributed by atoms with Gasteiger partial charge in [-0.25, -0.2) is 4.99 Å². The Morgan fingerprint density at radius 1 is 1.43 bits per heavy atom.